The SMILES string of the molecule is CC/C=C\CCCCCCCCCCC(=O)O. The number of rotatable bonds is 12. The highest BCUT2D eigenvalue weighted by molar-refractivity contribution is 5.66. The largest absolute Gasteiger partial charge is 0.481 e. The van der Waals surface area contributed by atoms with Crippen molar-refractivity contribution in [2.24, 2.45) is 0 Å². The molecule has 0 saturated carbocycles. The molecule has 0 aromatic rings. The van der Waals surface area contributed by atoms with Crippen molar-refractivity contribution in [3.8, 4) is 0 Å². The molecule has 0 rings (SSSR count). The van der Waals surface area contributed by atoms with E-state index in [9.17, 15) is 4.79 Å². The van der Waals surface area contributed by atoms with Gasteiger partial charge in [0.1, 0.15) is 0 Å². The van der Waals surface area contributed by atoms with Crippen molar-refractivity contribution in [2.75, 3.05) is 0 Å². The van der Waals surface area contributed by atoms with Crippen molar-refractivity contribution in [2.45, 2.75) is 77.6 Å². The Hall–Kier alpha value is -0.790. The van der Waals surface area contributed by atoms with Crippen molar-refractivity contribution >= 4 is 5.97 Å². The number of hydrogen-bond donors (Lipinski definition) is 1. The van der Waals surface area contributed by atoms with Crippen LogP contribution in [0.25, 0.3) is 0 Å². The summed E-state index contributed by atoms with van der Waals surface area (Å²) in [7, 11) is 0. The average Bonchev–Trinajstić information content (AvgIpc) is 2.30. The summed E-state index contributed by atoms with van der Waals surface area (Å²) in [6, 6.07) is 0. The van der Waals surface area contributed by atoms with Crippen molar-refractivity contribution in [1.29, 1.82) is 0 Å². The molecule has 0 spiro atoms. The molecule has 0 atom stereocenters. The lowest BCUT2D eigenvalue weighted by Gasteiger charge is -2.00. The van der Waals surface area contributed by atoms with Crippen LogP contribution >= 0.6 is 0 Å². The summed E-state index contributed by atoms with van der Waals surface area (Å²) in [6.45, 7) is 2.17. The number of carboxylic acids is 1. The van der Waals surface area contributed by atoms with E-state index in [0.717, 1.165) is 19.3 Å². The van der Waals surface area contributed by atoms with Crippen molar-refractivity contribution < 1.29 is 9.90 Å². The zero-order valence-corrected chi connectivity index (χ0v) is 11.3. The monoisotopic (exact) mass is 240 g/mol. The van der Waals surface area contributed by atoms with Crippen LogP contribution < -0.4 is 0 Å². The molecule has 0 aliphatic heterocycles. The number of hydrogen-bond acceptors (Lipinski definition) is 1. The van der Waals surface area contributed by atoms with Crippen LogP contribution in [0.3, 0.4) is 0 Å². The van der Waals surface area contributed by atoms with E-state index in [2.05, 4.69) is 19.1 Å². The maximum Gasteiger partial charge on any atom is 0.303 e. The van der Waals surface area contributed by atoms with E-state index in [0.29, 0.717) is 6.42 Å². The summed E-state index contributed by atoms with van der Waals surface area (Å²) in [5, 5.41) is 8.47. The van der Waals surface area contributed by atoms with E-state index < -0.39 is 5.97 Å². The Balaban J connectivity index is 2.98. The lowest BCUT2D eigenvalue weighted by Crippen LogP contribution is -1.93. The van der Waals surface area contributed by atoms with Gasteiger partial charge < -0.3 is 5.11 Å². The predicted molar refractivity (Wildman–Crippen MR) is 73.2 cm³/mol. The third-order valence-corrected chi connectivity index (χ3v) is 2.91. The Morgan fingerprint density at radius 1 is 0.882 bits per heavy atom. The maximum absolute atomic E-state index is 10.3. The Labute approximate surface area is 106 Å². The van der Waals surface area contributed by atoms with Gasteiger partial charge in [0.2, 0.25) is 0 Å². The number of unbranched alkanes of at least 4 members (excludes halogenated alkanes) is 8. The van der Waals surface area contributed by atoms with Gasteiger partial charge in [0, 0.05) is 6.42 Å². The Morgan fingerprint density at radius 3 is 1.94 bits per heavy atom. The van der Waals surface area contributed by atoms with Gasteiger partial charge in [-0.15, -0.1) is 0 Å². The van der Waals surface area contributed by atoms with E-state index in [1.54, 1.807) is 0 Å². The Kier molecular flexibility index (Phi) is 12.7. The number of carboxylic acid groups (broad SMARTS) is 1. The highest BCUT2D eigenvalue weighted by atomic mass is 16.4. The fourth-order valence-corrected chi connectivity index (χ4v) is 1.88. The van der Waals surface area contributed by atoms with Gasteiger partial charge in [-0.25, -0.2) is 0 Å². The van der Waals surface area contributed by atoms with Crippen LogP contribution in [-0.4, -0.2) is 11.1 Å². The molecule has 0 aromatic carbocycles. The van der Waals surface area contributed by atoms with Gasteiger partial charge in [-0.05, 0) is 25.7 Å². The molecule has 0 heterocycles. The minimum absolute atomic E-state index is 0.337. The molecule has 0 fully saturated rings. The van der Waals surface area contributed by atoms with Gasteiger partial charge >= 0.3 is 5.97 Å². The van der Waals surface area contributed by atoms with Crippen molar-refractivity contribution in [3.05, 3.63) is 12.2 Å². The fourth-order valence-electron chi connectivity index (χ4n) is 1.88. The van der Waals surface area contributed by atoms with Crippen LogP contribution in [-0.2, 0) is 4.79 Å². The molecule has 17 heavy (non-hydrogen) atoms. The second-order valence-electron chi connectivity index (χ2n) is 4.64. The van der Waals surface area contributed by atoms with Crippen molar-refractivity contribution in [1.82, 2.24) is 0 Å². The summed E-state index contributed by atoms with van der Waals surface area (Å²) in [4.78, 5) is 10.3. The molecule has 0 aliphatic rings. The lowest BCUT2D eigenvalue weighted by atomic mass is 10.1. The van der Waals surface area contributed by atoms with Crippen LogP contribution in [0.2, 0.25) is 0 Å². The molecular formula is C15H28O2. The molecule has 1 N–H and O–H groups in total. The molecule has 0 radical (unpaired) electrons. The van der Waals surface area contributed by atoms with Gasteiger partial charge in [-0.2, -0.15) is 0 Å². The average molecular weight is 240 g/mol. The van der Waals surface area contributed by atoms with E-state index in [1.165, 1.54) is 44.9 Å². The smallest absolute Gasteiger partial charge is 0.303 e. The molecule has 0 aliphatic carbocycles. The first-order valence-corrected chi connectivity index (χ1v) is 7.14. The minimum atomic E-state index is -0.662. The first kappa shape index (κ1) is 16.2. The molecule has 100 valence electrons. The minimum Gasteiger partial charge on any atom is -0.481 e. The van der Waals surface area contributed by atoms with Gasteiger partial charge in [0.05, 0.1) is 0 Å². The highest BCUT2D eigenvalue weighted by Gasteiger charge is 1.96. The lowest BCUT2D eigenvalue weighted by molar-refractivity contribution is -0.137. The summed E-state index contributed by atoms with van der Waals surface area (Å²) in [6.07, 6.45) is 16.9. The summed E-state index contributed by atoms with van der Waals surface area (Å²) in [5.41, 5.74) is 0. The third-order valence-electron chi connectivity index (χ3n) is 2.91. The second-order valence-corrected chi connectivity index (χ2v) is 4.64. The van der Waals surface area contributed by atoms with E-state index >= 15 is 0 Å². The van der Waals surface area contributed by atoms with Crippen LogP contribution in [0, 0.1) is 0 Å². The first-order valence-electron chi connectivity index (χ1n) is 7.14. The predicted octanol–water partition coefficient (Wildman–Crippen LogP) is 4.94. The molecule has 0 bridgehead atoms. The molecule has 0 unspecified atom stereocenters. The molecule has 0 amide bonds. The van der Waals surface area contributed by atoms with Crippen LogP contribution in [0.4, 0.5) is 0 Å². The highest BCUT2D eigenvalue weighted by Crippen LogP contribution is 2.10. The summed E-state index contributed by atoms with van der Waals surface area (Å²) < 4.78 is 0. The number of allylic oxidation sites excluding steroid dienone is 2. The topological polar surface area (TPSA) is 37.3 Å². The van der Waals surface area contributed by atoms with Crippen molar-refractivity contribution in [3.63, 3.8) is 0 Å². The van der Waals surface area contributed by atoms with Gasteiger partial charge in [-0.3, -0.25) is 4.79 Å². The Morgan fingerprint density at radius 2 is 1.41 bits per heavy atom. The van der Waals surface area contributed by atoms with Crippen LogP contribution in [0.5, 0.6) is 0 Å². The van der Waals surface area contributed by atoms with Gasteiger partial charge in [-0.1, -0.05) is 57.6 Å². The standard InChI is InChI=1S/C15H28O2/c1-2-3-4-5-6-7-8-9-10-11-12-13-14-15(16)17/h3-4H,2,5-14H2,1H3,(H,16,17)/b4-3-. The normalized spacial score (nSPS) is 11.1. The van der Waals surface area contributed by atoms with Gasteiger partial charge in [0.25, 0.3) is 0 Å². The zero-order chi connectivity index (χ0) is 12.8. The zero-order valence-electron chi connectivity index (χ0n) is 11.3. The Bertz CT molecular complexity index is 197. The first-order chi connectivity index (χ1) is 8.27. The third kappa shape index (κ3) is 15.2. The van der Waals surface area contributed by atoms with E-state index in [-0.39, 0.29) is 0 Å². The molecule has 0 aromatic heterocycles. The maximum atomic E-state index is 10.3. The fraction of sp³-hybridized carbons (Fsp3) is 0.800. The van der Waals surface area contributed by atoms with E-state index in [1.807, 2.05) is 0 Å². The summed E-state index contributed by atoms with van der Waals surface area (Å²) >= 11 is 0. The molecule has 0 saturated heterocycles. The summed E-state index contributed by atoms with van der Waals surface area (Å²) in [5.74, 6) is -0.662. The molecule has 2 heteroatoms. The van der Waals surface area contributed by atoms with E-state index in [4.69, 9.17) is 5.11 Å². The number of aliphatic carboxylic acids is 1. The quantitative estimate of drug-likeness (QED) is 0.387. The van der Waals surface area contributed by atoms with Crippen LogP contribution in [0.1, 0.15) is 77.6 Å². The van der Waals surface area contributed by atoms with Crippen LogP contribution in [0.15, 0.2) is 12.2 Å². The second kappa shape index (κ2) is 13.3. The molecular weight excluding hydrogens is 212 g/mol. The van der Waals surface area contributed by atoms with Gasteiger partial charge in [0.15, 0.2) is 0 Å². The molecule has 2 nitrogen and oxygen atoms in total. The number of carbonyl (C=O) groups is 1.